The summed E-state index contributed by atoms with van der Waals surface area (Å²) in [5.74, 6) is 2.45. The molecule has 1 aliphatic heterocycles. The number of methoxy groups -OCH3 is 1. The first kappa shape index (κ1) is 18.9. The van der Waals surface area contributed by atoms with Crippen molar-refractivity contribution >= 4 is 17.7 Å². The Labute approximate surface area is 160 Å². The predicted octanol–water partition coefficient (Wildman–Crippen LogP) is 2.12. The average molecular weight is 369 g/mol. The van der Waals surface area contributed by atoms with Crippen molar-refractivity contribution in [3.8, 4) is 5.75 Å². The van der Waals surface area contributed by atoms with Crippen LogP contribution in [0.2, 0.25) is 0 Å². The van der Waals surface area contributed by atoms with Crippen molar-refractivity contribution in [1.29, 1.82) is 0 Å². The van der Waals surface area contributed by atoms with Gasteiger partial charge in [0.15, 0.2) is 0 Å². The van der Waals surface area contributed by atoms with Gasteiger partial charge in [-0.1, -0.05) is 18.2 Å². The van der Waals surface area contributed by atoms with E-state index in [2.05, 4.69) is 20.2 Å². The minimum Gasteiger partial charge on any atom is -0.496 e. The number of carbonyl (C=O) groups excluding carboxylic acids is 1. The maximum atomic E-state index is 12.7. The monoisotopic (exact) mass is 369 g/mol. The highest BCUT2D eigenvalue weighted by Gasteiger charge is 2.23. The molecule has 1 amide bonds. The number of piperazine rings is 1. The Bertz CT molecular complexity index is 788. The third-order valence-electron chi connectivity index (χ3n) is 4.65. The fraction of sp³-hybridized carbons (Fsp3) is 0.450. The zero-order chi connectivity index (χ0) is 19.2. The number of nitrogens with zero attached hydrogens (tertiary/aromatic N) is 4. The summed E-state index contributed by atoms with van der Waals surface area (Å²) < 4.78 is 5.35. The molecule has 1 aromatic heterocycles. The van der Waals surface area contributed by atoms with E-state index in [0.717, 1.165) is 48.4 Å². The van der Waals surface area contributed by atoms with Crippen molar-refractivity contribution in [2.24, 2.45) is 0 Å². The molecular weight excluding hydrogens is 342 g/mol. The van der Waals surface area contributed by atoms with Crippen LogP contribution in [-0.2, 0) is 11.2 Å². The summed E-state index contributed by atoms with van der Waals surface area (Å²) in [5, 5.41) is 3.24. The number of anilines is 2. The molecule has 144 valence electrons. The zero-order valence-electron chi connectivity index (χ0n) is 16.2. The zero-order valence-corrected chi connectivity index (χ0v) is 16.2. The lowest BCUT2D eigenvalue weighted by atomic mass is 10.1. The number of aromatic nitrogens is 2. The molecule has 2 aromatic rings. The Morgan fingerprint density at radius 3 is 2.63 bits per heavy atom. The Kier molecular flexibility index (Phi) is 6.11. The molecule has 1 aromatic carbocycles. The molecule has 0 atom stereocenters. The minimum absolute atomic E-state index is 0.123. The third kappa shape index (κ3) is 4.67. The summed E-state index contributed by atoms with van der Waals surface area (Å²) in [7, 11) is 1.63. The second-order valence-corrected chi connectivity index (χ2v) is 6.58. The molecule has 7 heteroatoms. The molecule has 0 aliphatic carbocycles. The Hall–Kier alpha value is -2.83. The van der Waals surface area contributed by atoms with Crippen LogP contribution in [0.4, 0.5) is 11.8 Å². The van der Waals surface area contributed by atoms with Gasteiger partial charge in [-0.25, -0.2) is 4.98 Å². The molecule has 1 fully saturated rings. The van der Waals surface area contributed by atoms with Gasteiger partial charge < -0.3 is 19.9 Å². The molecule has 1 aliphatic rings. The highest BCUT2D eigenvalue weighted by Crippen LogP contribution is 2.20. The van der Waals surface area contributed by atoms with Gasteiger partial charge in [-0.3, -0.25) is 4.79 Å². The highest BCUT2D eigenvalue weighted by molar-refractivity contribution is 5.79. The summed E-state index contributed by atoms with van der Waals surface area (Å²) in [4.78, 5) is 25.9. The lowest BCUT2D eigenvalue weighted by molar-refractivity contribution is -0.130. The standard InChI is InChI=1S/C20H27N5O2/c1-4-21-18-13-15(2)22-20(23-18)25-11-9-24(10-12-25)19(26)14-16-7-5-6-8-17(16)27-3/h5-8,13H,4,9-12,14H2,1-3H3,(H,21,22,23). The van der Waals surface area contributed by atoms with Crippen molar-refractivity contribution in [2.45, 2.75) is 20.3 Å². The van der Waals surface area contributed by atoms with Crippen LogP contribution in [0.25, 0.3) is 0 Å². The topological polar surface area (TPSA) is 70.6 Å². The van der Waals surface area contributed by atoms with Crippen LogP contribution in [0, 0.1) is 6.92 Å². The maximum absolute atomic E-state index is 12.7. The summed E-state index contributed by atoms with van der Waals surface area (Å²) in [6, 6.07) is 9.61. The normalized spacial score (nSPS) is 14.2. The Balaban J connectivity index is 1.61. The number of nitrogens with one attached hydrogen (secondary N) is 1. The number of benzene rings is 1. The van der Waals surface area contributed by atoms with Crippen molar-refractivity contribution in [3.05, 3.63) is 41.6 Å². The van der Waals surface area contributed by atoms with Crippen LogP contribution < -0.4 is 15.0 Å². The van der Waals surface area contributed by atoms with Gasteiger partial charge in [0.25, 0.3) is 0 Å². The molecule has 0 radical (unpaired) electrons. The van der Waals surface area contributed by atoms with Crippen LogP contribution >= 0.6 is 0 Å². The highest BCUT2D eigenvalue weighted by atomic mass is 16.5. The van der Waals surface area contributed by atoms with Crippen molar-refractivity contribution in [1.82, 2.24) is 14.9 Å². The molecule has 3 rings (SSSR count). The predicted molar refractivity (Wildman–Crippen MR) is 106 cm³/mol. The minimum atomic E-state index is 0.123. The lowest BCUT2D eigenvalue weighted by Gasteiger charge is -2.35. The fourth-order valence-electron chi connectivity index (χ4n) is 3.25. The van der Waals surface area contributed by atoms with E-state index in [1.165, 1.54) is 0 Å². The molecule has 0 unspecified atom stereocenters. The summed E-state index contributed by atoms with van der Waals surface area (Å²) in [5.41, 5.74) is 1.86. The van der Waals surface area contributed by atoms with E-state index >= 15 is 0 Å². The molecular formula is C20H27N5O2. The van der Waals surface area contributed by atoms with Crippen molar-refractivity contribution < 1.29 is 9.53 Å². The van der Waals surface area contributed by atoms with Gasteiger partial charge >= 0.3 is 0 Å². The van der Waals surface area contributed by atoms with Gasteiger partial charge in [0.2, 0.25) is 11.9 Å². The van der Waals surface area contributed by atoms with E-state index in [4.69, 9.17) is 4.74 Å². The van der Waals surface area contributed by atoms with Crippen LogP contribution in [0.1, 0.15) is 18.2 Å². The fourth-order valence-corrected chi connectivity index (χ4v) is 3.25. The maximum Gasteiger partial charge on any atom is 0.227 e. The van der Waals surface area contributed by atoms with E-state index in [-0.39, 0.29) is 5.91 Å². The number of hydrogen-bond donors (Lipinski definition) is 1. The number of amides is 1. The number of para-hydroxylation sites is 1. The van der Waals surface area contributed by atoms with Crippen LogP contribution in [0.3, 0.4) is 0 Å². The SMILES string of the molecule is CCNc1cc(C)nc(N2CCN(C(=O)Cc3ccccc3OC)CC2)n1. The van der Waals surface area contributed by atoms with E-state index in [0.29, 0.717) is 19.5 Å². The van der Waals surface area contributed by atoms with E-state index in [9.17, 15) is 4.79 Å². The molecule has 0 saturated carbocycles. The molecule has 0 spiro atoms. The van der Waals surface area contributed by atoms with Crippen LogP contribution in [0.15, 0.2) is 30.3 Å². The Morgan fingerprint density at radius 2 is 1.93 bits per heavy atom. The van der Waals surface area contributed by atoms with Crippen molar-refractivity contribution in [2.75, 3.05) is 50.1 Å². The van der Waals surface area contributed by atoms with E-state index in [1.807, 2.05) is 49.1 Å². The molecule has 1 saturated heterocycles. The summed E-state index contributed by atoms with van der Waals surface area (Å²) in [6.07, 6.45) is 0.357. The van der Waals surface area contributed by atoms with Gasteiger partial charge in [0.1, 0.15) is 11.6 Å². The second-order valence-electron chi connectivity index (χ2n) is 6.58. The molecule has 7 nitrogen and oxygen atoms in total. The largest absolute Gasteiger partial charge is 0.496 e. The molecule has 27 heavy (non-hydrogen) atoms. The number of aryl methyl sites for hydroxylation is 1. The quantitative estimate of drug-likeness (QED) is 0.841. The van der Waals surface area contributed by atoms with Gasteiger partial charge in [0.05, 0.1) is 13.5 Å². The number of carbonyl (C=O) groups is 1. The van der Waals surface area contributed by atoms with Gasteiger partial charge in [-0.2, -0.15) is 4.98 Å². The third-order valence-corrected chi connectivity index (χ3v) is 4.65. The molecule has 2 heterocycles. The van der Waals surface area contributed by atoms with E-state index < -0.39 is 0 Å². The first-order valence-electron chi connectivity index (χ1n) is 9.35. The van der Waals surface area contributed by atoms with Crippen molar-refractivity contribution in [3.63, 3.8) is 0 Å². The smallest absolute Gasteiger partial charge is 0.227 e. The summed E-state index contributed by atoms with van der Waals surface area (Å²) >= 11 is 0. The number of ether oxygens (including phenoxy) is 1. The first-order chi connectivity index (χ1) is 13.1. The first-order valence-corrected chi connectivity index (χ1v) is 9.35. The summed E-state index contributed by atoms with van der Waals surface area (Å²) in [6.45, 7) is 7.63. The van der Waals surface area contributed by atoms with Gasteiger partial charge in [-0.05, 0) is 19.9 Å². The lowest BCUT2D eigenvalue weighted by Crippen LogP contribution is -2.49. The average Bonchev–Trinajstić information content (AvgIpc) is 2.68. The van der Waals surface area contributed by atoms with Crippen LogP contribution in [0.5, 0.6) is 5.75 Å². The van der Waals surface area contributed by atoms with Gasteiger partial charge in [0, 0.05) is 50.0 Å². The molecule has 1 N–H and O–H groups in total. The van der Waals surface area contributed by atoms with Gasteiger partial charge in [-0.15, -0.1) is 0 Å². The number of rotatable bonds is 6. The molecule has 0 bridgehead atoms. The Morgan fingerprint density at radius 1 is 1.19 bits per heavy atom. The number of hydrogen-bond acceptors (Lipinski definition) is 6. The van der Waals surface area contributed by atoms with Crippen LogP contribution in [-0.4, -0.2) is 60.6 Å². The van der Waals surface area contributed by atoms with E-state index in [1.54, 1.807) is 7.11 Å². The second kappa shape index (κ2) is 8.70.